The van der Waals surface area contributed by atoms with Crippen LogP contribution in [0.5, 0.6) is 0 Å². The predicted molar refractivity (Wildman–Crippen MR) is 94.4 cm³/mol. The normalized spacial score (nSPS) is 13.7. The Kier molecular flexibility index (Phi) is 6.20. The van der Waals surface area contributed by atoms with Gasteiger partial charge in [0.2, 0.25) is 6.29 Å². The van der Waals surface area contributed by atoms with Crippen LogP contribution in [0.3, 0.4) is 0 Å². The van der Waals surface area contributed by atoms with Crippen LogP contribution in [-0.4, -0.2) is 34.3 Å². The molecule has 0 spiro atoms. The molecular formula is C17H20O7S2. The lowest BCUT2D eigenvalue weighted by atomic mass is 10.2. The van der Waals surface area contributed by atoms with Crippen LogP contribution < -0.4 is 0 Å². The maximum Gasteiger partial charge on any atom is 0.299 e. The Morgan fingerprint density at radius 2 is 1.12 bits per heavy atom. The minimum Gasteiger partial charge on any atom is -0.388 e. The van der Waals surface area contributed by atoms with Gasteiger partial charge in [-0.25, -0.2) is 8.37 Å². The largest absolute Gasteiger partial charge is 0.388 e. The molecule has 1 N–H and O–H groups in total. The van der Waals surface area contributed by atoms with Crippen molar-refractivity contribution in [2.75, 3.05) is 0 Å². The van der Waals surface area contributed by atoms with Crippen LogP contribution in [-0.2, 0) is 28.6 Å². The van der Waals surface area contributed by atoms with Crippen molar-refractivity contribution < 1.29 is 30.3 Å². The maximum atomic E-state index is 12.4. The van der Waals surface area contributed by atoms with Gasteiger partial charge in [-0.3, -0.25) is 0 Å². The lowest BCUT2D eigenvalue weighted by Gasteiger charge is -2.21. The number of aliphatic hydroxyl groups is 1. The first-order chi connectivity index (χ1) is 12.0. The molecule has 0 bridgehead atoms. The Morgan fingerprint density at radius 3 is 1.42 bits per heavy atom. The monoisotopic (exact) mass is 400 g/mol. The fraction of sp³-hybridized carbons (Fsp3) is 0.294. The zero-order valence-corrected chi connectivity index (χ0v) is 16.1. The summed E-state index contributed by atoms with van der Waals surface area (Å²) in [5, 5.41) is 9.79. The molecule has 0 aliphatic carbocycles. The smallest absolute Gasteiger partial charge is 0.299 e. The molecule has 2 aromatic rings. The molecule has 0 aliphatic heterocycles. The van der Waals surface area contributed by atoms with E-state index in [1.54, 1.807) is 38.1 Å². The number of hydrogen-bond donors (Lipinski definition) is 1. The second-order valence-electron chi connectivity index (χ2n) is 5.74. The second-order valence-corrected chi connectivity index (χ2v) is 8.82. The van der Waals surface area contributed by atoms with E-state index in [9.17, 15) is 21.9 Å². The van der Waals surface area contributed by atoms with Crippen molar-refractivity contribution in [1.29, 1.82) is 0 Å². The summed E-state index contributed by atoms with van der Waals surface area (Å²) in [6.07, 6.45) is -3.45. The molecule has 0 amide bonds. The van der Waals surface area contributed by atoms with Gasteiger partial charge in [0.05, 0.1) is 9.79 Å². The van der Waals surface area contributed by atoms with Crippen LogP contribution in [0.15, 0.2) is 58.3 Å². The van der Waals surface area contributed by atoms with E-state index in [1.165, 1.54) is 31.2 Å². The molecule has 0 saturated carbocycles. The fourth-order valence-electron chi connectivity index (χ4n) is 2.20. The first-order valence-electron chi connectivity index (χ1n) is 7.70. The van der Waals surface area contributed by atoms with E-state index in [-0.39, 0.29) is 9.79 Å². The molecule has 0 heterocycles. The van der Waals surface area contributed by atoms with Gasteiger partial charge < -0.3 is 5.11 Å². The third-order valence-electron chi connectivity index (χ3n) is 3.56. The zero-order valence-electron chi connectivity index (χ0n) is 14.5. The van der Waals surface area contributed by atoms with E-state index < -0.39 is 32.6 Å². The van der Waals surface area contributed by atoms with Gasteiger partial charge in [-0.05, 0) is 44.0 Å². The molecular weight excluding hydrogens is 380 g/mol. The van der Waals surface area contributed by atoms with Gasteiger partial charge in [-0.2, -0.15) is 16.8 Å². The molecule has 142 valence electrons. The Balaban J connectivity index is 2.33. The van der Waals surface area contributed by atoms with Gasteiger partial charge in [0.1, 0.15) is 6.10 Å². The number of aryl methyl sites for hydroxylation is 2. The van der Waals surface area contributed by atoms with Crippen molar-refractivity contribution >= 4 is 20.2 Å². The predicted octanol–water partition coefficient (Wildman–Crippen LogP) is 2.12. The highest BCUT2D eigenvalue weighted by atomic mass is 32.2. The van der Waals surface area contributed by atoms with Crippen LogP contribution >= 0.6 is 0 Å². The standard InChI is InChI=1S/C17H20O7S2/c1-12-8-4-6-10-15(12)25(19,20)23-17(14(3)18)24-26(21,22)16-11-7-5-9-13(16)2/h4-11,14,17-18H,1-3H3. The molecule has 1 atom stereocenters. The quantitative estimate of drug-likeness (QED) is 0.560. The summed E-state index contributed by atoms with van der Waals surface area (Å²) >= 11 is 0. The average Bonchev–Trinajstić information content (AvgIpc) is 2.54. The summed E-state index contributed by atoms with van der Waals surface area (Å²) < 4.78 is 59.6. The highest BCUT2D eigenvalue weighted by molar-refractivity contribution is 7.87. The fourth-order valence-corrected chi connectivity index (χ4v) is 4.78. The van der Waals surface area contributed by atoms with Crippen molar-refractivity contribution in [3.63, 3.8) is 0 Å². The van der Waals surface area contributed by atoms with E-state index in [0.717, 1.165) is 0 Å². The van der Waals surface area contributed by atoms with Gasteiger partial charge in [0.25, 0.3) is 20.2 Å². The van der Waals surface area contributed by atoms with Crippen molar-refractivity contribution in [1.82, 2.24) is 0 Å². The lowest BCUT2D eigenvalue weighted by molar-refractivity contribution is -0.0703. The van der Waals surface area contributed by atoms with Gasteiger partial charge in [0, 0.05) is 0 Å². The molecule has 0 fully saturated rings. The molecule has 9 heteroatoms. The topological polar surface area (TPSA) is 107 Å². The van der Waals surface area contributed by atoms with Crippen LogP contribution in [0, 0.1) is 13.8 Å². The molecule has 0 aliphatic rings. The van der Waals surface area contributed by atoms with Crippen molar-refractivity contribution in [3.8, 4) is 0 Å². The SMILES string of the molecule is Cc1ccccc1S(=O)(=O)OC(OS(=O)(=O)c1ccccc1C)C(C)O. The van der Waals surface area contributed by atoms with E-state index >= 15 is 0 Å². The average molecular weight is 400 g/mol. The first kappa shape index (κ1) is 20.5. The summed E-state index contributed by atoms with van der Waals surface area (Å²) in [4.78, 5) is -0.273. The number of aliphatic hydroxyl groups excluding tert-OH is 1. The molecule has 2 aromatic carbocycles. The minimum absolute atomic E-state index is 0.137. The van der Waals surface area contributed by atoms with E-state index in [4.69, 9.17) is 8.37 Å². The third-order valence-corrected chi connectivity index (χ3v) is 6.44. The van der Waals surface area contributed by atoms with Gasteiger partial charge in [0.15, 0.2) is 0 Å². The number of benzene rings is 2. The molecule has 1 unspecified atom stereocenters. The van der Waals surface area contributed by atoms with Crippen LogP contribution in [0.25, 0.3) is 0 Å². The second kappa shape index (κ2) is 7.85. The van der Waals surface area contributed by atoms with Gasteiger partial charge in [-0.15, -0.1) is 0 Å². The minimum atomic E-state index is -4.35. The zero-order chi connectivity index (χ0) is 19.5. The Bertz CT molecular complexity index is 902. The van der Waals surface area contributed by atoms with Crippen LogP contribution in [0.1, 0.15) is 18.1 Å². The van der Waals surface area contributed by atoms with Gasteiger partial charge in [-0.1, -0.05) is 36.4 Å². The van der Waals surface area contributed by atoms with E-state index in [2.05, 4.69) is 0 Å². The van der Waals surface area contributed by atoms with Gasteiger partial charge >= 0.3 is 0 Å². The highest BCUT2D eigenvalue weighted by Crippen LogP contribution is 2.24. The van der Waals surface area contributed by atoms with E-state index in [1.807, 2.05) is 0 Å². The van der Waals surface area contributed by atoms with Crippen molar-refractivity contribution in [3.05, 3.63) is 59.7 Å². The molecule has 7 nitrogen and oxygen atoms in total. The summed E-state index contributed by atoms with van der Waals surface area (Å²) in [5.74, 6) is 0. The van der Waals surface area contributed by atoms with Crippen LogP contribution in [0.2, 0.25) is 0 Å². The van der Waals surface area contributed by atoms with E-state index in [0.29, 0.717) is 11.1 Å². The van der Waals surface area contributed by atoms with Crippen LogP contribution in [0.4, 0.5) is 0 Å². The highest BCUT2D eigenvalue weighted by Gasteiger charge is 2.32. The molecule has 2 rings (SSSR count). The third kappa shape index (κ3) is 4.68. The Labute approximate surface area is 153 Å². The Morgan fingerprint density at radius 1 is 0.769 bits per heavy atom. The van der Waals surface area contributed by atoms with Crippen molar-refractivity contribution in [2.24, 2.45) is 0 Å². The summed E-state index contributed by atoms with van der Waals surface area (Å²) in [6.45, 7) is 4.31. The number of rotatable bonds is 7. The summed E-state index contributed by atoms with van der Waals surface area (Å²) in [7, 11) is -8.70. The maximum absolute atomic E-state index is 12.4. The summed E-state index contributed by atoms with van der Waals surface area (Å²) in [5.41, 5.74) is 0.831. The number of hydrogen-bond acceptors (Lipinski definition) is 7. The molecule has 26 heavy (non-hydrogen) atoms. The first-order valence-corrected chi connectivity index (χ1v) is 10.5. The molecule has 0 aromatic heterocycles. The molecule has 0 saturated heterocycles. The Hall–Kier alpha value is -1.78. The summed E-state index contributed by atoms with van der Waals surface area (Å²) in [6, 6.07) is 12.1. The lowest BCUT2D eigenvalue weighted by Crippen LogP contribution is -2.34. The molecule has 0 radical (unpaired) electrons. The van der Waals surface area contributed by atoms with Crippen molar-refractivity contribution in [2.45, 2.75) is 43.0 Å².